The summed E-state index contributed by atoms with van der Waals surface area (Å²) >= 11 is 5.74. The molecule has 0 radical (unpaired) electrons. The molecule has 1 fully saturated rings. The van der Waals surface area contributed by atoms with Crippen molar-refractivity contribution >= 4 is 11.6 Å². The molecule has 3 heteroatoms. The highest BCUT2D eigenvalue weighted by Gasteiger charge is 2.25. The van der Waals surface area contributed by atoms with Gasteiger partial charge in [-0.05, 0) is 24.8 Å². The molecule has 0 amide bonds. The predicted octanol–water partition coefficient (Wildman–Crippen LogP) is 4.48. The average molecular weight is 257 g/mol. The van der Waals surface area contributed by atoms with Gasteiger partial charge in [0, 0.05) is 5.56 Å². The molecule has 1 aromatic rings. The smallest absolute Gasteiger partial charge is 0.147 e. The van der Waals surface area contributed by atoms with Crippen LogP contribution in [0.5, 0.6) is 0 Å². The number of halogens is 2. The molecule has 17 heavy (non-hydrogen) atoms. The van der Waals surface area contributed by atoms with Crippen LogP contribution in [0.15, 0.2) is 18.2 Å². The van der Waals surface area contributed by atoms with E-state index in [1.165, 1.54) is 18.9 Å². The highest BCUT2D eigenvalue weighted by atomic mass is 35.5. The standard InChI is InChI=1S/C14H18ClFO/c15-12-9-5-8-11(13(12)16)14(17)10-6-3-1-2-4-7-10/h5,8-10,14,17H,1-4,6-7H2. The first-order valence-electron chi connectivity index (χ1n) is 6.32. The van der Waals surface area contributed by atoms with Crippen LogP contribution >= 0.6 is 11.6 Å². The summed E-state index contributed by atoms with van der Waals surface area (Å²) in [5.41, 5.74) is 0.351. The molecule has 1 aromatic carbocycles. The van der Waals surface area contributed by atoms with Gasteiger partial charge in [-0.1, -0.05) is 49.4 Å². The van der Waals surface area contributed by atoms with Gasteiger partial charge >= 0.3 is 0 Å². The third kappa shape index (κ3) is 2.99. The van der Waals surface area contributed by atoms with E-state index in [4.69, 9.17) is 11.6 Å². The summed E-state index contributed by atoms with van der Waals surface area (Å²) in [5.74, 6) is -0.295. The molecule has 2 rings (SSSR count). The summed E-state index contributed by atoms with van der Waals surface area (Å²) in [6.07, 6.45) is 5.95. The van der Waals surface area contributed by atoms with Gasteiger partial charge in [0.15, 0.2) is 0 Å². The normalized spacial score (nSPS) is 19.9. The summed E-state index contributed by atoms with van der Waals surface area (Å²) in [5, 5.41) is 10.4. The van der Waals surface area contributed by atoms with Gasteiger partial charge in [-0.3, -0.25) is 0 Å². The predicted molar refractivity (Wildman–Crippen MR) is 67.6 cm³/mol. The van der Waals surface area contributed by atoms with Gasteiger partial charge < -0.3 is 5.11 Å². The molecule has 1 atom stereocenters. The fraction of sp³-hybridized carbons (Fsp3) is 0.571. The molecule has 0 aliphatic heterocycles. The zero-order valence-electron chi connectivity index (χ0n) is 9.83. The Hall–Kier alpha value is -0.600. The summed E-state index contributed by atoms with van der Waals surface area (Å²) < 4.78 is 13.8. The van der Waals surface area contributed by atoms with Gasteiger partial charge in [0.25, 0.3) is 0 Å². The average Bonchev–Trinajstić information content (AvgIpc) is 2.60. The Morgan fingerprint density at radius 2 is 1.82 bits per heavy atom. The van der Waals surface area contributed by atoms with Crippen LogP contribution in [0.2, 0.25) is 5.02 Å². The third-order valence-corrected chi connectivity index (χ3v) is 3.94. The fourth-order valence-corrected chi connectivity index (χ4v) is 2.81. The van der Waals surface area contributed by atoms with E-state index in [9.17, 15) is 9.50 Å². The van der Waals surface area contributed by atoms with Crippen LogP contribution in [0, 0.1) is 11.7 Å². The first kappa shape index (κ1) is 12.8. The van der Waals surface area contributed by atoms with E-state index in [0.29, 0.717) is 5.56 Å². The van der Waals surface area contributed by atoms with Crippen molar-refractivity contribution in [1.82, 2.24) is 0 Å². The Morgan fingerprint density at radius 3 is 2.47 bits per heavy atom. The minimum atomic E-state index is -0.716. The van der Waals surface area contributed by atoms with E-state index >= 15 is 0 Å². The molecule has 0 aromatic heterocycles. The highest BCUT2D eigenvalue weighted by Crippen LogP contribution is 2.35. The SMILES string of the molecule is OC(c1cccc(Cl)c1F)C1CCCCCC1. The molecule has 0 spiro atoms. The molecule has 0 heterocycles. The van der Waals surface area contributed by atoms with E-state index in [2.05, 4.69) is 0 Å². The number of aliphatic hydroxyl groups is 1. The Labute approximate surface area is 107 Å². The van der Waals surface area contributed by atoms with E-state index in [-0.39, 0.29) is 10.9 Å². The Balaban J connectivity index is 2.17. The highest BCUT2D eigenvalue weighted by molar-refractivity contribution is 6.30. The summed E-state index contributed by atoms with van der Waals surface area (Å²) in [6.45, 7) is 0. The lowest BCUT2D eigenvalue weighted by Gasteiger charge is -2.22. The quantitative estimate of drug-likeness (QED) is 0.774. The Bertz CT molecular complexity index is 372. The van der Waals surface area contributed by atoms with Gasteiger partial charge in [0.2, 0.25) is 0 Å². The molecule has 0 bridgehead atoms. The van der Waals surface area contributed by atoms with E-state index in [1.807, 2.05) is 0 Å². The zero-order chi connectivity index (χ0) is 12.3. The molecule has 94 valence electrons. The summed E-state index contributed by atoms with van der Waals surface area (Å²) in [6, 6.07) is 4.84. The molecule has 0 saturated heterocycles. The maximum absolute atomic E-state index is 13.8. The molecule has 1 N–H and O–H groups in total. The van der Waals surface area contributed by atoms with Crippen molar-refractivity contribution in [2.24, 2.45) is 5.92 Å². The first-order valence-corrected chi connectivity index (χ1v) is 6.70. The van der Waals surface area contributed by atoms with Crippen LogP contribution < -0.4 is 0 Å². The van der Waals surface area contributed by atoms with Crippen LogP contribution in [0.1, 0.15) is 50.2 Å². The number of hydrogen-bond acceptors (Lipinski definition) is 1. The largest absolute Gasteiger partial charge is 0.388 e. The monoisotopic (exact) mass is 256 g/mol. The van der Waals surface area contributed by atoms with Crippen molar-refractivity contribution in [3.8, 4) is 0 Å². The van der Waals surface area contributed by atoms with E-state index < -0.39 is 11.9 Å². The van der Waals surface area contributed by atoms with E-state index in [0.717, 1.165) is 25.7 Å². The summed E-state index contributed by atoms with van der Waals surface area (Å²) in [4.78, 5) is 0. The van der Waals surface area contributed by atoms with Crippen molar-refractivity contribution in [2.75, 3.05) is 0 Å². The molecule has 1 nitrogen and oxygen atoms in total. The number of rotatable bonds is 2. The lowest BCUT2D eigenvalue weighted by Crippen LogP contribution is -2.13. The van der Waals surface area contributed by atoms with Crippen molar-refractivity contribution in [2.45, 2.75) is 44.6 Å². The third-order valence-electron chi connectivity index (χ3n) is 3.65. The van der Waals surface area contributed by atoms with Crippen LogP contribution in [-0.4, -0.2) is 5.11 Å². The van der Waals surface area contributed by atoms with Crippen molar-refractivity contribution in [3.05, 3.63) is 34.6 Å². The van der Waals surface area contributed by atoms with Crippen molar-refractivity contribution in [1.29, 1.82) is 0 Å². The summed E-state index contributed by atoms with van der Waals surface area (Å²) in [7, 11) is 0. The molecular formula is C14H18ClFO. The molecule has 1 unspecified atom stereocenters. The maximum atomic E-state index is 13.8. The van der Waals surface area contributed by atoms with Crippen LogP contribution in [-0.2, 0) is 0 Å². The molecule has 1 aliphatic rings. The topological polar surface area (TPSA) is 20.2 Å². The lowest BCUT2D eigenvalue weighted by atomic mass is 9.89. The second kappa shape index (κ2) is 5.83. The van der Waals surface area contributed by atoms with Gasteiger partial charge in [0.1, 0.15) is 5.82 Å². The minimum Gasteiger partial charge on any atom is -0.388 e. The lowest BCUT2D eigenvalue weighted by molar-refractivity contribution is 0.0953. The van der Waals surface area contributed by atoms with Gasteiger partial charge in [-0.2, -0.15) is 0 Å². The molecule has 1 saturated carbocycles. The van der Waals surface area contributed by atoms with Crippen molar-refractivity contribution < 1.29 is 9.50 Å². The Morgan fingerprint density at radius 1 is 1.18 bits per heavy atom. The van der Waals surface area contributed by atoms with Gasteiger partial charge in [-0.25, -0.2) is 4.39 Å². The second-order valence-electron chi connectivity index (χ2n) is 4.84. The Kier molecular flexibility index (Phi) is 4.41. The fourth-order valence-electron chi connectivity index (χ4n) is 2.63. The number of hydrogen-bond donors (Lipinski definition) is 1. The second-order valence-corrected chi connectivity index (χ2v) is 5.25. The van der Waals surface area contributed by atoms with Gasteiger partial charge in [-0.15, -0.1) is 0 Å². The van der Waals surface area contributed by atoms with Crippen molar-refractivity contribution in [3.63, 3.8) is 0 Å². The molecule has 1 aliphatic carbocycles. The molecular weight excluding hydrogens is 239 g/mol. The minimum absolute atomic E-state index is 0.0928. The van der Waals surface area contributed by atoms with Crippen LogP contribution in [0.3, 0.4) is 0 Å². The van der Waals surface area contributed by atoms with Gasteiger partial charge in [0.05, 0.1) is 11.1 Å². The van der Waals surface area contributed by atoms with Crippen LogP contribution in [0.25, 0.3) is 0 Å². The zero-order valence-corrected chi connectivity index (χ0v) is 10.6. The van der Waals surface area contributed by atoms with Crippen LogP contribution in [0.4, 0.5) is 4.39 Å². The number of benzene rings is 1. The first-order chi connectivity index (χ1) is 8.20. The number of aliphatic hydroxyl groups excluding tert-OH is 1. The van der Waals surface area contributed by atoms with E-state index in [1.54, 1.807) is 12.1 Å². The maximum Gasteiger partial charge on any atom is 0.147 e.